The highest BCUT2D eigenvalue weighted by atomic mass is 32.2. The number of aromatic amines is 1. The number of nitrogens with one attached hydrogen (secondary N) is 2. The number of likely N-dealkylation sites (tertiary alicyclic amines) is 1. The first-order valence-corrected chi connectivity index (χ1v) is 12.8. The molecule has 2 aromatic heterocycles. The first-order valence-electron chi connectivity index (χ1n) is 17.9. The molecule has 0 spiro atoms. The average molecular weight is 530 g/mol. The van der Waals surface area contributed by atoms with Gasteiger partial charge in [0.15, 0.2) is 5.52 Å². The minimum absolute atomic E-state index is 0.0149. The van der Waals surface area contributed by atoms with Gasteiger partial charge in [0.2, 0.25) is 10.0 Å². The monoisotopic (exact) mass is 529 g/mol. The van der Waals surface area contributed by atoms with E-state index in [0.29, 0.717) is 12.8 Å². The van der Waals surface area contributed by atoms with E-state index in [1.807, 2.05) is 4.72 Å². The summed E-state index contributed by atoms with van der Waals surface area (Å²) in [5, 5.41) is 3.76. The van der Waals surface area contributed by atoms with Gasteiger partial charge < -0.3 is 14.6 Å². The zero-order valence-corrected chi connectivity index (χ0v) is 20.6. The highest BCUT2D eigenvalue weighted by Crippen LogP contribution is 2.31. The van der Waals surface area contributed by atoms with Crippen LogP contribution in [0.2, 0.25) is 0 Å². The van der Waals surface area contributed by atoms with Crippen LogP contribution in [-0.4, -0.2) is 65.8 Å². The third-order valence-electron chi connectivity index (χ3n) is 5.50. The summed E-state index contributed by atoms with van der Waals surface area (Å²) in [6.07, 6.45) is -7.34. The molecule has 0 amide bonds. The van der Waals surface area contributed by atoms with Gasteiger partial charge >= 0.3 is 0 Å². The molecule has 2 atom stereocenters. The van der Waals surface area contributed by atoms with Crippen molar-refractivity contribution in [1.82, 2.24) is 29.4 Å². The molecule has 3 heterocycles. The minimum Gasteiger partial charge on any atom is -0.493 e. The number of aryl methyl sites for hydroxylation is 2. The molecule has 1 fully saturated rings. The van der Waals surface area contributed by atoms with Gasteiger partial charge in [0, 0.05) is 37.4 Å². The van der Waals surface area contributed by atoms with Crippen molar-refractivity contribution in [1.29, 1.82) is 0 Å². The quantitative estimate of drug-likeness (QED) is 0.392. The molecular formula is C25H36N6O4S. The van der Waals surface area contributed by atoms with Crippen LogP contribution in [0, 0.1) is 0 Å². The maximum atomic E-state index is 13.6. The molecular weight excluding hydrogens is 480 g/mol. The van der Waals surface area contributed by atoms with Crippen molar-refractivity contribution in [2.45, 2.75) is 63.2 Å². The molecule has 36 heavy (non-hydrogen) atoms. The topological polar surface area (TPSA) is 122 Å². The van der Waals surface area contributed by atoms with Crippen molar-refractivity contribution in [3.8, 4) is 17.1 Å². The second kappa shape index (κ2) is 11.1. The predicted octanol–water partition coefficient (Wildman–Crippen LogP) is 2.83. The molecule has 1 aromatic carbocycles. The number of rotatable bonds is 11. The lowest BCUT2D eigenvalue weighted by atomic mass is 10.1. The van der Waals surface area contributed by atoms with Crippen LogP contribution in [0.4, 0.5) is 0 Å². The lowest BCUT2D eigenvalue weighted by Crippen LogP contribution is -2.31. The van der Waals surface area contributed by atoms with Gasteiger partial charge in [0.25, 0.3) is 5.56 Å². The van der Waals surface area contributed by atoms with Crippen LogP contribution in [0.15, 0.2) is 27.9 Å². The van der Waals surface area contributed by atoms with Crippen molar-refractivity contribution in [3.05, 3.63) is 34.2 Å². The largest absolute Gasteiger partial charge is 0.493 e. The van der Waals surface area contributed by atoms with Crippen LogP contribution in [0.1, 0.15) is 69.4 Å². The van der Waals surface area contributed by atoms with Crippen molar-refractivity contribution in [2.75, 3.05) is 26.6 Å². The van der Waals surface area contributed by atoms with Crippen LogP contribution < -0.4 is 15.0 Å². The number of hydrogen-bond donors (Lipinski definition) is 2. The summed E-state index contributed by atoms with van der Waals surface area (Å²) in [5.41, 5.74) is -3.39. The fourth-order valence-electron chi connectivity index (χ4n) is 3.77. The van der Waals surface area contributed by atoms with Crippen molar-refractivity contribution >= 4 is 21.1 Å². The number of fused-ring (bicyclic) bond motifs is 1. The Kier molecular flexibility index (Phi) is 4.39. The number of sulfonamides is 1. The van der Waals surface area contributed by atoms with Crippen molar-refractivity contribution < 1.29 is 31.0 Å². The second-order valence-corrected chi connectivity index (χ2v) is 9.75. The highest BCUT2D eigenvalue weighted by Gasteiger charge is 2.23. The first kappa shape index (κ1) is 14.3. The third kappa shape index (κ3) is 5.47. The molecule has 1 saturated heterocycles. The predicted molar refractivity (Wildman–Crippen MR) is 140 cm³/mol. The summed E-state index contributed by atoms with van der Waals surface area (Å²) in [4.78, 5) is 20.4. The maximum Gasteiger partial charge on any atom is 0.277 e. The Morgan fingerprint density at radius 3 is 2.94 bits per heavy atom. The number of aromatic nitrogens is 4. The van der Waals surface area contributed by atoms with Gasteiger partial charge in [0.1, 0.15) is 17.1 Å². The molecule has 0 bridgehead atoms. The molecule has 0 aliphatic carbocycles. The van der Waals surface area contributed by atoms with E-state index in [9.17, 15) is 13.2 Å². The number of nitrogens with zero attached hydrogens (tertiary/aromatic N) is 4. The van der Waals surface area contributed by atoms with E-state index in [-0.39, 0.29) is 35.6 Å². The van der Waals surface area contributed by atoms with Gasteiger partial charge in [-0.05, 0) is 63.7 Å². The van der Waals surface area contributed by atoms with E-state index in [4.69, 9.17) is 22.6 Å². The van der Waals surface area contributed by atoms with Gasteiger partial charge in [-0.15, -0.1) is 0 Å². The maximum absolute atomic E-state index is 13.6. The molecule has 10 nitrogen and oxygen atoms in total. The number of hydrogen-bond acceptors (Lipinski definition) is 7. The fourth-order valence-corrected chi connectivity index (χ4v) is 4.65. The molecule has 1 aliphatic heterocycles. The Morgan fingerprint density at radius 1 is 1.33 bits per heavy atom. The lowest BCUT2D eigenvalue weighted by molar-refractivity contribution is 0.297. The van der Waals surface area contributed by atoms with Crippen molar-refractivity contribution in [3.63, 3.8) is 0 Å². The Bertz CT molecular complexity index is 1870. The van der Waals surface area contributed by atoms with E-state index in [0.717, 1.165) is 24.0 Å². The van der Waals surface area contributed by atoms with Gasteiger partial charge in [-0.2, -0.15) is 5.10 Å². The van der Waals surface area contributed by atoms with E-state index in [2.05, 4.69) is 15.1 Å². The standard InChI is InChI=1S/C25H36N6O4S/c1-5-8-20-22-23(31(4)29-20)25(32)28-24(27-22)19-16-18(10-11-21(19)35-15-6-2)36(33,34)26-13-12-17-9-7-14-30(17)3/h10-11,16-17,26H,5-9,12-15H2,1-4H3,(H,27,28,32)/i3D3,4D3,5D2,8D2,12D2,13D. The third-order valence-corrected chi connectivity index (χ3v) is 6.80. The smallest absolute Gasteiger partial charge is 0.277 e. The summed E-state index contributed by atoms with van der Waals surface area (Å²) in [6.45, 7) is -5.09. The SMILES string of the molecule is [2H]C(NS(=O)(=O)c1ccc(OCCC)c(-c2nc3c(C([2H])([2H])C([2H])([2H])C)nn(C([2H])([2H])[2H])c3c(=O)[nH]2)c1)C([2H])([2H])C1CCCN1C([2H])([2H])[2H]. The van der Waals surface area contributed by atoms with Gasteiger partial charge in [0.05, 0.1) is 22.8 Å². The molecule has 11 heteroatoms. The number of benzene rings is 1. The van der Waals surface area contributed by atoms with Crippen LogP contribution in [0.25, 0.3) is 22.4 Å². The first-order chi connectivity index (χ1) is 22.2. The molecule has 2 unspecified atom stereocenters. The number of H-pyrrole nitrogens is 1. The summed E-state index contributed by atoms with van der Waals surface area (Å²) in [5.74, 6) is -0.435. The Labute approximate surface area is 230 Å². The summed E-state index contributed by atoms with van der Waals surface area (Å²) >= 11 is 0. The van der Waals surface area contributed by atoms with E-state index >= 15 is 0 Å². The molecule has 3 aromatic rings. The van der Waals surface area contributed by atoms with E-state index in [1.54, 1.807) is 6.92 Å². The molecule has 1 aliphatic rings. The molecule has 196 valence electrons. The Morgan fingerprint density at radius 2 is 2.19 bits per heavy atom. The summed E-state index contributed by atoms with van der Waals surface area (Å²) < 4.78 is 140. The van der Waals surface area contributed by atoms with Crippen LogP contribution in [-0.2, 0) is 23.4 Å². The van der Waals surface area contributed by atoms with Crippen molar-refractivity contribution in [2.24, 2.45) is 6.98 Å². The Hall–Kier alpha value is -2.76. The summed E-state index contributed by atoms with van der Waals surface area (Å²) in [6, 6.07) is 2.00. The zero-order chi connectivity index (χ0) is 37.1. The molecule has 0 radical (unpaired) electrons. The molecule has 0 saturated carbocycles. The average Bonchev–Trinajstić information content (AvgIpc) is 3.62. The van der Waals surface area contributed by atoms with Crippen LogP contribution in [0.3, 0.4) is 0 Å². The highest BCUT2D eigenvalue weighted by molar-refractivity contribution is 7.89. The normalized spacial score (nSPS) is 24.8. The van der Waals surface area contributed by atoms with Crippen LogP contribution in [0.5, 0.6) is 5.75 Å². The summed E-state index contributed by atoms with van der Waals surface area (Å²) in [7, 11) is -4.72. The Balaban J connectivity index is 1.86. The van der Waals surface area contributed by atoms with Gasteiger partial charge in [-0.25, -0.2) is 18.1 Å². The number of ether oxygens (including phenoxy) is 1. The fraction of sp³-hybridized carbons (Fsp3) is 0.560. The van der Waals surface area contributed by atoms with Gasteiger partial charge in [-0.1, -0.05) is 20.2 Å². The zero-order valence-electron chi connectivity index (χ0n) is 32.8. The van der Waals surface area contributed by atoms with Gasteiger partial charge in [-0.3, -0.25) is 9.48 Å². The van der Waals surface area contributed by atoms with E-state index < -0.39 is 88.7 Å². The molecule has 2 N–H and O–H groups in total. The molecule has 4 rings (SSSR count). The second-order valence-electron chi connectivity index (χ2n) is 8.04. The van der Waals surface area contributed by atoms with Crippen LogP contribution >= 0.6 is 0 Å². The van der Waals surface area contributed by atoms with E-state index in [1.165, 1.54) is 6.07 Å². The minimum atomic E-state index is -4.72. The lowest BCUT2D eigenvalue weighted by Gasteiger charge is -2.19.